The Hall–Kier alpha value is -4.43. The highest BCUT2D eigenvalue weighted by molar-refractivity contribution is 6.28. The maximum atomic E-state index is 13.7. The van der Waals surface area contributed by atoms with E-state index in [4.69, 9.17) is 11.6 Å². The molecule has 4 rings (SSSR count). The number of phenolic OH excluding ortho intramolecular Hbond substituents is 2. The number of hydrogen-bond donors (Lipinski definition) is 3. The molecule has 0 aliphatic carbocycles. The summed E-state index contributed by atoms with van der Waals surface area (Å²) in [6, 6.07) is 18.8. The van der Waals surface area contributed by atoms with Crippen LogP contribution in [0.25, 0.3) is 11.3 Å². The molecule has 0 aliphatic heterocycles. The maximum Gasteiger partial charge on any atom is 0.262 e. The van der Waals surface area contributed by atoms with Gasteiger partial charge in [0, 0.05) is 36.5 Å². The molecular weight excluding hydrogens is 540 g/mol. The van der Waals surface area contributed by atoms with Crippen molar-refractivity contribution in [3.8, 4) is 22.8 Å². The Morgan fingerprint density at radius 1 is 0.951 bits per heavy atom. The number of hydrogen-bond acceptors (Lipinski definition) is 6. The van der Waals surface area contributed by atoms with Gasteiger partial charge in [0.1, 0.15) is 11.5 Å². The average molecular weight is 573 g/mol. The smallest absolute Gasteiger partial charge is 0.262 e. The van der Waals surface area contributed by atoms with Crippen LogP contribution in [0.15, 0.2) is 72.9 Å². The predicted molar refractivity (Wildman–Crippen MR) is 160 cm³/mol. The maximum absolute atomic E-state index is 13.7. The Labute approximate surface area is 244 Å². The lowest BCUT2D eigenvalue weighted by Crippen LogP contribution is -2.30. The lowest BCUT2D eigenvalue weighted by atomic mass is 9.92. The highest BCUT2D eigenvalue weighted by Crippen LogP contribution is 2.30. The molecule has 8 nitrogen and oxygen atoms in total. The van der Waals surface area contributed by atoms with Gasteiger partial charge in [0.15, 0.2) is 0 Å². The van der Waals surface area contributed by atoms with E-state index in [9.17, 15) is 19.8 Å². The fraction of sp³-hybridized carbons (Fsp3) is 0.250. The van der Waals surface area contributed by atoms with Gasteiger partial charge < -0.3 is 20.4 Å². The molecule has 3 N–H and O–H groups in total. The van der Waals surface area contributed by atoms with E-state index in [1.54, 1.807) is 23.2 Å². The Balaban J connectivity index is 1.59. The van der Waals surface area contributed by atoms with Crippen LogP contribution >= 0.6 is 11.6 Å². The molecule has 0 aliphatic rings. The van der Waals surface area contributed by atoms with Crippen LogP contribution in [0.1, 0.15) is 54.2 Å². The van der Waals surface area contributed by atoms with Gasteiger partial charge in [0.25, 0.3) is 5.91 Å². The highest BCUT2D eigenvalue weighted by atomic mass is 35.5. The van der Waals surface area contributed by atoms with Crippen molar-refractivity contribution in [2.45, 2.75) is 47.2 Å². The summed E-state index contributed by atoms with van der Waals surface area (Å²) in [7, 11) is 0. The zero-order valence-electron chi connectivity index (χ0n) is 23.5. The van der Waals surface area contributed by atoms with Crippen LogP contribution in [0, 0.1) is 12.3 Å². The van der Waals surface area contributed by atoms with Crippen molar-refractivity contribution < 1.29 is 19.8 Å². The summed E-state index contributed by atoms with van der Waals surface area (Å²) in [6.45, 7) is 8.58. The molecular formula is C32H33ClN4O4. The van der Waals surface area contributed by atoms with Gasteiger partial charge in [0.05, 0.1) is 17.8 Å². The van der Waals surface area contributed by atoms with Crippen molar-refractivity contribution in [1.29, 1.82) is 0 Å². The van der Waals surface area contributed by atoms with E-state index in [-0.39, 0.29) is 40.2 Å². The zero-order chi connectivity index (χ0) is 29.7. The second kappa shape index (κ2) is 12.4. The summed E-state index contributed by atoms with van der Waals surface area (Å²) < 4.78 is 0. The van der Waals surface area contributed by atoms with E-state index >= 15 is 0 Å². The summed E-state index contributed by atoms with van der Waals surface area (Å²) >= 11 is 6.01. The first kappa shape index (κ1) is 29.6. The molecule has 1 aromatic heterocycles. The molecule has 2 amide bonds. The third-order valence-electron chi connectivity index (χ3n) is 6.40. The number of nitrogens with one attached hydrogen (secondary N) is 1. The third-order valence-corrected chi connectivity index (χ3v) is 6.58. The van der Waals surface area contributed by atoms with E-state index in [0.29, 0.717) is 24.3 Å². The van der Waals surface area contributed by atoms with Gasteiger partial charge in [-0.2, -0.15) is 0 Å². The molecule has 0 bridgehead atoms. The largest absolute Gasteiger partial charge is 0.508 e. The minimum atomic E-state index is -0.435. The van der Waals surface area contributed by atoms with Crippen LogP contribution in [-0.2, 0) is 17.9 Å². The van der Waals surface area contributed by atoms with Crippen LogP contribution in [0.3, 0.4) is 0 Å². The Morgan fingerprint density at radius 3 is 2.24 bits per heavy atom. The van der Waals surface area contributed by atoms with Gasteiger partial charge in [0.2, 0.25) is 11.2 Å². The molecule has 0 spiro atoms. The lowest BCUT2D eigenvalue weighted by molar-refractivity contribution is -0.122. The van der Waals surface area contributed by atoms with Crippen molar-refractivity contribution in [2.24, 2.45) is 5.41 Å². The molecule has 0 saturated carbocycles. The molecule has 0 fully saturated rings. The number of aromatic hydroxyl groups is 2. The molecule has 9 heteroatoms. The van der Waals surface area contributed by atoms with Gasteiger partial charge in [-0.05, 0) is 64.9 Å². The van der Waals surface area contributed by atoms with Crippen molar-refractivity contribution in [1.82, 2.24) is 15.3 Å². The SMILES string of the molecule is Cc1cnc(Cl)nc1-c1ccc(N(Cc2ccc(CNC(=O)CC(C)(C)C)cc2)C(=O)c2ccc(O)cc2O)cc1. The van der Waals surface area contributed by atoms with Gasteiger partial charge >= 0.3 is 0 Å². The van der Waals surface area contributed by atoms with E-state index in [1.165, 1.54) is 12.1 Å². The zero-order valence-corrected chi connectivity index (χ0v) is 24.2. The highest BCUT2D eigenvalue weighted by Gasteiger charge is 2.22. The molecule has 3 aromatic carbocycles. The fourth-order valence-electron chi connectivity index (χ4n) is 4.33. The molecule has 1 heterocycles. The van der Waals surface area contributed by atoms with Crippen molar-refractivity contribution >= 4 is 29.1 Å². The Morgan fingerprint density at radius 2 is 1.61 bits per heavy atom. The molecule has 212 valence electrons. The number of benzene rings is 3. The number of amides is 2. The third kappa shape index (κ3) is 7.83. The number of nitrogens with zero attached hydrogens (tertiary/aromatic N) is 3. The number of carbonyl (C=O) groups is 2. The molecule has 0 saturated heterocycles. The van der Waals surface area contributed by atoms with Crippen molar-refractivity contribution in [2.75, 3.05) is 4.90 Å². The van der Waals surface area contributed by atoms with E-state index in [0.717, 1.165) is 28.3 Å². The first-order valence-corrected chi connectivity index (χ1v) is 13.6. The van der Waals surface area contributed by atoms with Gasteiger partial charge in [-0.25, -0.2) is 9.97 Å². The number of aryl methyl sites for hydroxylation is 1. The van der Waals surface area contributed by atoms with Gasteiger partial charge in [-0.15, -0.1) is 0 Å². The molecule has 0 radical (unpaired) electrons. The monoisotopic (exact) mass is 572 g/mol. The topological polar surface area (TPSA) is 116 Å². The van der Waals surface area contributed by atoms with Crippen LogP contribution in [0.5, 0.6) is 11.5 Å². The van der Waals surface area contributed by atoms with Crippen LogP contribution < -0.4 is 10.2 Å². The molecule has 0 unspecified atom stereocenters. The Bertz CT molecular complexity index is 1550. The normalized spacial score (nSPS) is 11.2. The summed E-state index contributed by atoms with van der Waals surface area (Å²) in [6.07, 6.45) is 2.09. The minimum absolute atomic E-state index is 0.00469. The number of anilines is 1. The second-order valence-corrected chi connectivity index (χ2v) is 11.5. The van der Waals surface area contributed by atoms with Crippen molar-refractivity contribution in [3.05, 3.63) is 100 Å². The van der Waals surface area contributed by atoms with E-state index < -0.39 is 5.91 Å². The minimum Gasteiger partial charge on any atom is -0.508 e. The van der Waals surface area contributed by atoms with E-state index in [1.807, 2.05) is 64.1 Å². The van der Waals surface area contributed by atoms with Crippen molar-refractivity contribution in [3.63, 3.8) is 0 Å². The van der Waals surface area contributed by atoms with Gasteiger partial charge in [-0.3, -0.25) is 9.59 Å². The number of halogens is 1. The first-order valence-electron chi connectivity index (χ1n) is 13.2. The fourth-order valence-corrected chi connectivity index (χ4v) is 4.46. The number of phenols is 2. The number of carbonyl (C=O) groups excluding carboxylic acids is 2. The standard InChI is InChI=1S/C32H33ClN4O4/c1-20-17-35-31(33)36-29(20)23-9-11-24(12-10-23)37(30(41)26-14-13-25(38)15-27(26)39)19-22-7-5-21(6-8-22)18-34-28(40)16-32(2,3)4/h5-15,17,38-39H,16,18-19H2,1-4H3,(H,34,40). The molecule has 0 atom stereocenters. The summed E-state index contributed by atoms with van der Waals surface area (Å²) in [5, 5.41) is 23.2. The van der Waals surface area contributed by atoms with E-state index in [2.05, 4.69) is 15.3 Å². The van der Waals surface area contributed by atoms with Crippen LogP contribution in [-0.4, -0.2) is 32.0 Å². The van der Waals surface area contributed by atoms with Crippen LogP contribution in [0.4, 0.5) is 5.69 Å². The number of rotatable bonds is 8. The van der Waals surface area contributed by atoms with Crippen LogP contribution in [0.2, 0.25) is 5.28 Å². The molecule has 41 heavy (non-hydrogen) atoms. The lowest BCUT2D eigenvalue weighted by Gasteiger charge is -2.24. The Kier molecular flexibility index (Phi) is 8.93. The summed E-state index contributed by atoms with van der Waals surface area (Å²) in [5.74, 6) is -0.895. The summed E-state index contributed by atoms with van der Waals surface area (Å²) in [4.78, 5) is 35.8. The average Bonchev–Trinajstić information content (AvgIpc) is 2.91. The number of aromatic nitrogens is 2. The first-order chi connectivity index (χ1) is 19.4. The predicted octanol–water partition coefficient (Wildman–Crippen LogP) is 6.42. The quantitative estimate of drug-likeness (QED) is 0.210. The molecule has 4 aromatic rings. The second-order valence-electron chi connectivity index (χ2n) is 11.1. The van der Waals surface area contributed by atoms with Gasteiger partial charge in [-0.1, -0.05) is 57.2 Å². The summed E-state index contributed by atoms with van der Waals surface area (Å²) in [5.41, 5.74) is 4.72.